The number of benzene rings is 2. The molecule has 118 valence electrons. The number of nitrogens with zero attached hydrogens (tertiary/aromatic N) is 1. The van der Waals surface area contributed by atoms with Crippen molar-refractivity contribution < 1.29 is 23.6 Å². The molecule has 0 unspecified atom stereocenters. The van der Waals surface area contributed by atoms with Crippen molar-refractivity contribution in [3.63, 3.8) is 0 Å². The van der Waals surface area contributed by atoms with Gasteiger partial charge in [0.1, 0.15) is 11.4 Å². The van der Waals surface area contributed by atoms with Gasteiger partial charge < -0.3 is 4.74 Å². The van der Waals surface area contributed by atoms with Crippen molar-refractivity contribution >= 4 is 29.0 Å². The van der Waals surface area contributed by atoms with Gasteiger partial charge in [0, 0.05) is 11.1 Å². The number of carbonyl (C=O) groups excluding carboxylic acids is 2. The molecule has 0 aliphatic rings. The van der Waals surface area contributed by atoms with Gasteiger partial charge in [-0.1, -0.05) is 23.7 Å². The van der Waals surface area contributed by atoms with Crippen molar-refractivity contribution in [1.82, 2.24) is 0 Å². The van der Waals surface area contributed by atoms with E-state index in [1.54, 1.807) is 0 Å². The second-order valence-electron chi connectivity index (χ2n) is 4.40. The van der Waals surface area contributed by atoms with Gasteiger partial charge in [0.25, 0.3) is 5.69 Å². The minimum atomic E-state index is -1.07. The van der Waals surface area contributed by atoms with Gasteiger partial charge in [0.2, 0.25) is 5.78 Å². The number of rotatable bonds is 5. The predicted octanol–water partition coefficient (Wildman–Crippen LogP) is 3.43. The molecule has 0 amide bonds. The lowest BCUT2D eigenvalue weighted by Crippen LogP contribution is -2.16. The van der Waals surface area contributed by atoms with Crippen molar-refractivity contribution in [3.05, 3.63) is 74.5 Å². The Balaban J connectivity index is 2.13. The van der Waals surface area contributed by atoms with Gasteiger partial charge in [-0.2, -0.15) is 0 Å². The van der Waals surface area contributed by atoms with Crippen LogP contribution in [0.15, 0.2) is 42.5 Å². The Morgan fingerprint density at radius 1 is 1.17 bits per heavy atom. The summed E-state index contributed by atoms with van der Waals surface area (Å²) < 4.78 is 18.2. The van der Waals surface area contributed by atoms with Gasteiger partial charge in [0.05, 0.1) is 10.5 Å². The van der Waals surface area contributed by atoms with Crippen LogP contribution in [-0.4, -0.2) is 23.3 Å². The van der Waals surface area contributed by atoms with E-state index in [0.29, 0.717) is 0 Å². The Kier molecular flexibility index (Phi) is 5.02. The molecule has 2 aromatic carbocycles. The average molecular weight is 338 g/mol. The van der Waals surface area contributed by atoms with E-state index in [2.05, 4.69) is 0 Å². The van der Waals surface area contributed by atoms with Crippen LogP contribution in [0.25, 0.3) is 0 Å². The SMILES string of the molecule is O=C(COC(=O)c1ccc(Cl)cc1[N+](=O)[O-])c1ccccc1F. The topological polar surface area (TPSA) is 86.5 Å². The van der Waals surface area contributed by atoms with E-state index >= 15 is 0 Å². The van der Waals surface area contributed by atoms with Crippen LogP contribution in [0.4, 0.5) is 10.1 Å². The summed E-state index contributed by atoms with van der Waals surface area (Å²) in [6.45, 7) is -0.737. The number of nitro groups is 1. The first kappa shape index (κ1) is 16.6. The number of Topliss-reactive ketones (excluding diaryl/α,β-unsaturated/α-hetero) is 1. The highest BCUT2D eigenvalue weighted by molar-refractivity contribution is 6.31. The third-order valence-corrected chi connectivity index (χ3v) is 3.12. The maximum absolute atomic E-state index is 13.4. The third-order valence-electron chi connectivity index (χ3n) is 2.89. The molecule has 0 spiro atoms. The first-order valence-electron chi connectivity index (χ1n) is 6.29. The maximum atomic E-state index is 13.4. The number of hydrogen-bond acceptors (Lipinski definition) is 5. The fraction of sp³-hybridized carbons (Fsp3) is 0.0667. The van der Waals surface area contributed by atoms with Crippen LogP contribution >= 0.6 is 11.6 Å². The molecule has 0 aromatic heterocycles. The van der Waals surface area contributed by atoms with Crippen LogP contribution in [-0.2, 0) is 4.74 Å². The Labute approximate surface area is 134 Å². The first-order chi connectivity index (χ1) is 10.9. The van der Waals surface area contributed by atoms with E-state index in [0.717, 1.165) is 18.2 Å². The molecule has 8 heteroatoms. The predicted molar refractivity (Wildman–Crippen MR) is 79.1 cm³/mol. The van der Waals surface area contributed by atoms with Crippen molar-refractivity contribution in [3.8, 4) is 0 Å². The fourth-order valence-electron chi connectivity index (χ4n) is 1.80. The van der Waals surface area contributed by atoms with E-state index in [1.807, 2.05) is 0 Å². The summed E-state index contributed by atoms with van der Waals surface area (Å²) in [5.74, 6) is -2.57. The lowest BCUT2D eigenvalue weighted by molar-refractivity contribution is -0.385. The van der Waals surface area contributed by atoms with Crippen LogP contribution < -0.4 is 0 Å². The number of ketones is 1. The van der Waals surface area contributed by atoms with E-state index < -0.39 is 34.8 Å². The molecule has 2 aromatic rings. The molecular weight excluding hydrogens is 329 g/mol. The smallest absolute Gasteiger partial charge is 0.345 e. The first-order valence-corrected chi connectivity index (χ1v) is 6.66. The molecule has 0 bridgehead atoms. The van der Waals surface area contributed by atoms with Crippen LogP contribution in [0.1, 0.15) is 20.7 Å². The van der Waals surface area contributed by atoms with Gasteiger partial charge in [-0.25, -0.2) is 9.18 Å². The van der Waals surface area contributed by atoms with Crippen molar-refractivity contribution in [2.45, 2.75) is 0 Å². The number of halogens is 2. The summed E-state index contributed by atoms with van der Waals surface area (Å²) >= 11 is 5.64. The van der Waals surface area contributed by atoms with Crippen LogP contribution in [0.5, 0.6) is 0 Å². The molecular formula is C15H9ClFNO5. The van der Waals surface area contributed by atoms with E-state index in [-0.39, 0.29) is 16.1 Å². The van der Waals surface area contributed by atoms with Gasteiger partial charge in [0.15, 0.2) is 6.61 Å². The summed E-state index contributed by atoms with van der Waals surface area (Å²) in [7, 11) is 0. The minimum absolute atomic E-state index is 0.0793. The highest BCUT2D eigenvalue weighted by Crippen LogP contribution is 2.24. The minimum Gasteiger partial charge on any atom is -0.454 e. The number of nitro benzene ring substituents is 1. The molecule has 23 heavy (non-hydrogen) atoms. The second-order valence-corrected chi connectivity index (χ2v) is 4.83. The summed E-state index contributed by atoms with van der Waals surface area (Å²) in [5, 5.41) is 11.0. The molecule has 0 heterocycles. The zero-order chi connectivity index (χ0) is 17.0. The highest BCUT2D eigenvalue weighted by atomic mass is 35.5. The van der Waals surface area contributed by atoms with Crippen LogP contribution in [0.2, 0.25) is 5.02 Å². The number of ether oxygens (including phenoxy) is 1. The number of carbonyl (C=O) groups is 2. The van der Waals surface area contributed by atoms with Gasteiger partial charge in [-0.3, -0.25) is 14.9 Å². The number of esters is 1. The lowest BCUT2D eigenvalue weighted by atomic mass is 10.1. The summed E-state index contributed by atoms with van der Waals surface area (Å²) in [6.07, 6.45) is 0. The lowest BCUT2D eigenvalue weighted by Gasteiger charge is -2.06. The molecule has 0 aliphatic heterocycles. The largest absolute Gasteiger partial charge is 0.454 e. The molecule has 2 rings (SSSR count). The molecule has 0 fully saturated rings. The monoisotopic (exact) mass is 337 g/mol. The molecule has 0 saturated carbocycles. The Bertz CT molecular complexity index is 793. The zero-order valence-electron chi connectivity index (χ0n) is 11.5. The molecule has 0 atom stereocenters. The summed E-state index contributed by atoms with van der Waals surface area (Å²) in [4.78, 5) is 33.8. The zero-order valence-corrected chi connectivity index (χ0v) is 12.2. The maximum Gasteiger partial charge on any atom is 0.345 e. The van der Waals surface area contributed by atoms with E-state index in [1.165, 1.54) is 24.3 Å². The molecule has 0 N–H and O–H groups in total. The van der Waals surface area contributed by atoms with Gasteiger partial charge >= 0.3 is 5.97 Å². The fourth-order valence-corrected chi connectivity index (χ4v) is 1.97. The van der Waals surface area contributed by atoms with Gasteiger partial charge in [-0.15, -0.1) is 0 Å². The molecule has 0 radical (unpaired) electrons. The Morgan fingerprint density at radius 2 is 1.87 bits per heavy atom. The Morgan fingerprint density at radius 3 is 2.52 bits per heavy atom. The Hall–Kier alpha value is -2.80. The van der Waals surface area contributed by atoms with Gasteiger partial charge in [-0.05, 0) is 24.3 Å². The van der Waals surface area contributed by atoms with Crippen molar-refractivity contribution in [2.24, 2.45) is 0 Å². The quantitative estimate of drug-likeness (QED) is 0.361. The summed E-state index contributed by atoms with van der Waals surface area (Å²) in [6, 6.07) is 8.61. The van der Waals surface area contributed by atoms with E-state index in [9.17, 15) is 24.1 Å². The molecule has 6 nitrogen and oxygen atoms in total. The van der Waals surface area contributed by atoms with E-state index in [4.69, 9.17) is 16.3 Å². The number of hydrogen-bond donors (Lipinski definition) is 0. The van der Waals surface area contributed by atoms with Crippen molar-refractivity contribution in [2.75, 3.05) is 6.61 Å². The highest BCUT2D eigenvalue weighted by Gasteiger charge is 2.23. The van der Waals surface area contributed by atoms with Crippen LogP contribution in [0.3, 0.4) is 0 Å². The second kappa shape index (κ2) is 6.97. The average Bonchev–Trinajstić information content (AvgIpc) is 2.52. The normalized spacial score (nSPS) is 10.2. The molecule has 0 aliphatic carbocycles. The standard InChI is InChI=1S/C15H9ClFNO5/c16-9-5-6-11(13(7-9)18(21)22)15(20)23-8-14(19)10-3-1-2-4-12(10)17/h1-7H,8H2. The third kappa shape index (κ3) is 3.89. The molecule has 0 saturated heterocycles. The van der Waals surface area contributed by atoms with Crippen LogP contribution in [0, 0.1) is 15.9 Å². The summed E-state index contributed by atoms with van der Waals surface area (Å²) in [5.41, 5.74) is -1.12. The van der Waals surface area contributed by atoms with Crippen molar-refractivity contribution in [1.29, 1.82) is 0 Å².